The van der Waals surface area contributed by atoms with Crippen LogP contribution in [-0.2, 0) is 10.0 Å². The van der Waals surface area contributed by atoms with Crippen molar-refractivity contribution in [2.75, 3.05) is 5.88 Å². The Kier molecular flexibility index (Phi) is 4.40. The van der Waals surface area contributed by atoms with Gasteiger partial charge >= 0.3 is 0 Å². The van der Waals surface area contributed by atoms with Crippen molar-refractivity contribution in [1.82, 2.24) is 4.72 Å². The fourth-order valence-corrected chi connectivity index (χ4v) is 4.72. The maximum Gasteiger partial charge on any atom is 0.242 e. The topological polar surface area (TPSA) is 46.2 Å². The minimum atomic E-state index is -3.87. The van der Waals surface area contributed by atoms with Crippen molar-refractivity contribution in [2.24, 2.45) is 0 Å². The van der Waals surface area contributed by atoms with Crippen molar-refractivity contribution in [1.29, 1.82) is 0 Å². The molecule has 0 radical (unpaired) electrons. The van der Waals surface area contributed by atoms with E-state index in [4.69, 9.17) is 23.2 Å². The van der Waals surface area contributed by atoms with Gasteiger partial charge in [0, 0.05) is 11.4 Å². The molecule has 0 atom stereocenters. The van der Waals surface area contributed by atoms with Crippen molar-refractivity contribution in [3.8, 4) is 0 Å². The van der Waals surface area contributed by atoms with E-state index in [1.165, 1.54) is 6.07 Å². The monoisotopic (exact) mass is 325 g/mol. The largest absolute Gasteiger partial charge is 0.242 e. The lowest BCUT2D eigenvalue weighted by Gasteiger charge is -2.27. The highest BCUT2D eigenvalue weighted by molar-refractivity contribution is 7.89. The van der Waals surface area contributed by atoms with Gasteiger partial charge < -0.3 is 0 Å². The van der Waals surface area contributed by atoms with Crippen molar-refractivity contribution in [3.05, 3.63) is 29.0 Å². The first kappa shape index (κ1) is 15.0. The fourth-order valence-electron chi connectivity index (χ4n) is 2.34. The molecule has 0 aliphatic heterocycles. The molecule has 0 unspecified atom stereocenters. The third-order valence-electron chi connectivity index (χ3n) is 3.35. The highest BCUT2D eigenvalue weighted by Gasteiger charge is 2.37. The number of hydrogen-bond acceptors (Lipinski definition) is 2. The summed E-state index contributed by atoms with van der Waals surface area (Å²) in [6, 6.07) is 3.27. The molecule has 1 aromatic rings. The summed E-state index contributed by atoms with van der Waals surface area (Å²) in [5, 5.41) is -0.00313. The average Bonchev–Trinajstić information content (AvgIpc) is 2.80. The second-order valence-corrected chi connectivity index (χ2v) is 7.13. The number of sulfonamides is 1. The molecule has 1 aliphatic rings. The zero-order valence-electron chi connectivity index (χ0n) is 10.1. The summed E-state index contributed by atoms with van der Waals surface area (Å²) in [6.45, 7) is 0. The van der Waals surface area contributed by atoms with Crippen molar-refractivity contribution in [3.63, 3.8) is 0 Å². The van der Waals surface area contributed by atoms with E-state index in [0.29, 0.717) is 12.8 Å². The average molecular weight is 326 g/mol. The molecule has 0 spiro atoms. The Morgan fingerprint density at radius 2 is 1.95 bits per heavy atom. The SMILES string of the molecule is O=S(=O)(NC1(CCl)CCCC1)c1cc(F)ccc1Cl. The maximum absolute atomic E-state index is 13.2. The Labute approximate surface area is 122 Å². The molecule has 1 fully saturated rings. The van der Waals surface area contributed by atoms with E-state index in [1.807, 2.05) is 0 Å². The van der Waals surface area contributed by atoms with Gasteiger partial charge in [0.1, 0.15) is 10.7 Å². The van der Waals surface area contributed by atoms with Crippen LogP contribution in [0.5, 0.6) is 0 Å². The van der Waals surface area contributed by atoms with Crippen LogP contribution in [0.25, 0.3) is 0 Å². The molecule has 1 aliphatic carbocycles. The molecular weight excluding hydrogens is 312 g/mol. The quantitative estimate of drug-likeness (QED) is 0.863. The molecule has 7 heteroatoms. The molecule has 3 nitrogen and oxygen atoms in total. The molecule has 0 bridgehead atoms. The van der Waals surface area contributed by atoms with Crippen molar-refractivity contribution in [2.45, 2.75) is 36.1 Å². The van der Waals surface area contributed by atoms with E-state index >= 15 is 0 Å². The van der Waals surface area contributed by atoms with Crippen LogP contribution in [-0.4, -0.2) is 19.8 Å². The standard InChI is InChI=1S/C12H14Cl2FNO2S/c13-8-12(5-1-2-6-12)16-19(17,18)11-7-9(15)3-4-10(11)14/h3-4,7,16H,1-2,5-6,8H2. The van der Waals surface area contributed by atoms with Crippen molar-refractivity contribution >= 4 is 33.2 Å². The molecule has 106 valence electrons. The molecule has 0 heterocycles. The number of rotatable bonds is 4. The zero-order chi connectivity index (χ0) is 14.1. The smallest absolute Gasteiger partial charge is 0.207 e. The summed E-state index contributed by atoms with van der Waals surface area (Å²) in [5.41, 5.74) is -0.643. The third-order valence-corrected chi connectivity index (χ3v) is 5.92. The van der Waals surface area contributed by atoms with Crippen LogP contribution in [0.4, 0.5) is 4.39 Å². The zero-order valence-corrected chi connectivity index (χ0v) is 12.5. The highest BCUT2D eigenvalue weighted by Crippen LogP contribution is 2.33. The Bertz CT molecular complexity index is 571. The van der Waals surface area contributed by atoms with Gasteiger partial charge in [-0.05, 0) is 31.0 Å². The molecule has 0 amide bonds. The van der Waals surface area contributed by atoms with Gasteiger partial charge in [-0.15, -0.1) is 11.6 Å². The first-order valence-corrected chi connectivity index (χ1v) is 8.33. The molecule has 1 saturated carbocycles. The third kappa shape index (κ3) is 3.21. The van der Waals surface area contributed by atoms with Gasteiger partial charge in [0.15, 0.2) is 0 Å². The number of halogens is 3. The molecular formula is C12H14Cl2FNO2S. The number of hydrogen-bond donors (Lipinski definition) is 1. The van der Waals surface area contributed by atoms with E-state index < -0.39 is 21.4 Å². The Balaban J connectivity index is 2.34. The van der Waals surface area contributed by atoms with Gasteiger partial charge in [-0.25, -0.2) is 17.5 Å². The van der Waals surface area contributed by atoms with Gasteiger partial charge in [-0.3, -0.25) is 0 Å². The van der Waals surface area contributed by atoms with Crippen LogP contribution in [0.1, 0.15) is 25.7 Å². The van der Waals surface area contributed by atoms with E-state index in [1.54, 1.807) is 0 Å². The number of nitrogens with one attached hydrogen (secondary N) is 1. The summed E-state index contributed by atoms with van der Waals surface area (Å²) in [5.74, 6) is -0.449. The van der Waals surface area contributed by atoms with Gasteiger partial charge in [-0.1, -0.05) is 24.4 Å². The number of alkyl halides is 1. The van der Waals surface area contributed by atoms with Gasteiger partial charge in [0.2, 0.25) is 10.0 Å². The lowest BCUT2D eigenvalue weighted by molar-refractivity contribution is 0.432. The van der Waals surface area contributed by atoms with E-state index in [-0.39, 0.29) is 15.8 Å². The maximum atomic E-state index is 13.2. The molecule has 19 heavy (non-hydrogen) atoms. The van der Waals surface area contributed by atoms with Gasteiger partial charge in [0.05, 0.1) is 5.02 Å². The van der Waals surface area contributed by atoms with Crippen LogP contribution in [0.2, 0.25) is 5.02 Å². The molecule has 0 aromatic heterocycles. The minimum Gasteiger partial charge on any atom is -0.207 e. The first-order chi connectivity index (χ1) is 8.88. The lowest BCUT2D eigenvalue weighted by Crippen LogP contribution is -2.47. The molecule has 0 saturated heterocycles. The first-order valence-electron chi connectivity index (χ1n) is 5.94. The normalized spacial score (nSPS) is 18.7. The summed E-state index contributed by atoms with van der Waals surface area (Å²) >= 11 is 11.7. The predicted molar refractivity (Wildman–Crippen MR) is 73.7 cm³/mol. The second-order valence-electron chi connectivity index (χ2n) is 4.80. The van der Waals surface area contributed by atoms with E-state index in [0.717, 1.165) is 25.0 Å². The molecule has 2 rings (SSSR count). The van der Waals surface area contributed by atoms with Crippen LogP contribution in [0.3, 0.4) is 0 Å². The van der Waals surface area contributed by atoms with E-state index in [9.17, 15) is 12.8 Å². The minimum absolute atomic E-state index is 0.00313. The summed E-state index contributed by atoms with van der Waals surface area (Å²) < 4.78 is 40.4. The predicted octanol–water partition coefficient (Wildman–Crippen LogP) is 3.31. The summed E-state index contributed by atoms with van der Waals surface area (Å²) in [4.78, 5) is -0.245. The van der Waals surface area contributed by atoms with Crippen LogP contribution < -0.4 is 4.72 Å². The molecule has 1 N–H and O–H groups in total. The van der Waals surface area contributed by atoms with Crippen molar-refractivity contribution < 1.29 is 12.8 Å². The summed E-state index contributed by atoms with van der Waals surface area (Å²) in [7, 11) is -3.87. The molecule has 1 aromatic carbocycles. The lowest BCUT2D eigenvalue weighted by atomic mass is 10.0. The number of benzene rings is 1. The van der Waals surface area contributed by atoms with Gasteiger partial charge in [0.25, 0.3) is 0 Å². The summed E-state index contributed by atoms with van der Waals surface area (Å²) in [6.07, 6.45) is 3.21. The highest BCUT2D eigenvalue weighted by atomic mass is 35.5. The van der Waals surface area contributed by atoms with Crippen LogP contribution in [0, 0.1) is 5.82 Å². The second kappa shape index (κ2) is 5.56. The van der Waals surface area contributed by atoms with Crippen LogP contribution in [0.15, 0.2) is 23.1 Å². The van der Waals surface area contributed by atoms with E-state index in [2.05, 4.69) is 4.72 Å². The Morgan fingerprint density at radius 3 is 2.53 bits per heavy atom. The Morgan fingerprint density at radius 1 is 1.32 bits per heavy atom. The fraction of sp³-hybridized carbons (Fsp3) is 0.500. The Hall–Kier alpha value is -0.360. The van der Waals surface area contributed by atoms with Gasteiger partial charge in [-0.2, -0.15) is 0 Å². The van der Waals surface area contributed by atoms with Crippen LogP contribution >= 0.6 is 23.2 Å².